The molecule has 2 amide bonds. The molecule has 100 valence electrons. The van der Waals surface area contributed by atoms with Gasteiger partial charge < -0.3 is 14.5 Å². The topological polar surface area (TPSA) is 73.6 Å². The van der Waals surface area contributed by atoms with E-state index < -0.39 is 5.41 Å². The first kappa shape index (κ1) is 14.5. The van der Waals surface area contributed by atoms with Crippen molar-refractivity contribution in [1.82, 2.24) is 9.80 Å². The van der Waals surface area contributed by atoms with Crippen LogP contribution in [-0.4, -0.2) is 62.5 Å². The number of amides is 2. The molecule has 1 rings (SSSR count). The van der Waals surface area contributed by atoms with Crippen LogP contribution in [0.3, 0.4) is 0 Å². The molecule has 0 aromatic carbocycles. The molecule has 1 aliphatic rings. The Balaban J connectivity index is 2.72. The molecule has 0 saturated carbocycles. The van der Waals surface area contributed by atoms with E-state index in [0.29, 0.717) is 26.1 Å². The van der Waals surface area contributed by atoms with Gasteiger partial charge in [-0.15, -0.1) is 0 Å². The van der Waals surface area contributed by atoms with Gasteiger partial charge in [0.2, 0.25) is 11.8 Å². The van der Waals surface area contributed by atoms with Gasteiger partial charge in [-0.2, -0.15) is 5.26 Å². The van der Waals surface area contributed by atoms with E-state index in [-0.39, 0.29) is 18.4 Å². The lowest BCUT2D eigenvalue weighted by molar-refractivity contribution is -0.146. The average Bonchev–Trinajstić information content (AvgIpc) is 2.38. The number of ether oxygens (including phenoxy) is 1. The largest absolute Gasteiger partial charge is 0.381 e. The molecule has 1 aliphatic heterocycles. The van der Waals surface area contributed by atoms with Crippen LogP contribution < -0.4 is 0 Å². The summed E-state index contributed by atoms with van der Waals surface area (Å²) in [5, 5.41) is 9.26. The van der Waals surface area contributed by atoms with Gasteiger partial charge in [0.25, 0.3) is 0 Å². The summed E-state index contributed by atoms with van der Waals surface area (Å²) in [6, 6.07) is 2.10. The second-order valence-electron chi connectivity index (χ2n) is 4.76. The zero-order chi connectivity index (χ0) is 13.8. The molecule has 0 aromatic heterocycles. The minimum absolute atomic E-state index is 0.00385. The van der Waals surface area contributed by atoms with E-state index in [0.717, 1.165) is 0 Å². The summed E-state index contributed by atoms with van der Waals surface area (Å²) < 4.78 is 5.18. The third-order valence-electron chi connectivity index (χ3n) is 3.19. The Morgan fingerprint density at radius 1 is 1.28 bits per heavy atom. The summed E-state index contributed by atoms with van der Waals surface area (Å²) in [6.45, 7) is 0.819. The van der Waals surface area contributed by atoms with Crippen molar-refractivity contribution in [1.29, 1.82) is 5.26 Å². The molecule has 1 heterocycles. The van der Waals surface area contributed by atoms with Crippen LogP contribution in [0.5, 0.6) is 0 Å². The maximum Gasteiger partial charge on any atom is 0.243 e. The van der Waals surface area contributed by atoms with Crippen LogP contribution in [0.15, 0.2) is 0 Å². The fourth-order valence-electron chi connectivity index (χ4n) is 1.87. The second kappa shape index (κ2) is 5.83. The number of carbonyl (C=O) groups excluding carboxylic acids is 2. The van der Waals surface area contributed by atoms with Gasteiger partial charge in [0.1, 0.15) is 5.41 Å². The Morgan fingerprint density at radius 3 is 2.28 bits per heavy atom. The third kappa shape index (κ3) is 2.99. The average molecular weight is 253 g/mol. The minimum atomic E-state index is -1.03. The second-order valence-corrected chi connectivity index (χ2v) is 4.76. The molecule has 0 aromatic rings. The third-order valence-corrected chi connectivity index (χ3v) is 3.19. The summed E-state index contributed by atoms with van der Waals surface area (Å²) in [5.41, 5.74) is -1.03. The monoisotopic (exact) mass is 253 g/mol. The van der Waals surface area contributed by atoms with E-state index >= 15 is 0 Å². The normalized spacial score (nSPS) is 17.7. The smallest absolute Gasteiger partial charge is 0.243 e. The van der Waals surface area contributed by atoms with Gasteiger partial charge in [-0.3, -0.25) is 9.59 Å². The molecule has 0 radical (unpaired) electrons. The van der Waals surface area contributed by atoms with Crippen molar-refractivity contribution in [3.63, 3.8) is 0 Å². The van der Waals surface area contributed by atoms with Gasteiger partial charge in [-0.1, -0.05) is 0 Å². The number of likely N-dealkylation sites (N-methyl/N-ethyl adjacent to an activating group) is 2. The number of hydrogen-bond donors (Lipinski definition) is 0. The summed E-state index contributed by atoms with van der Waals surface area (Å²) in [6.07, 6.45) is 0.783. The van der Waals surface area contributed by atoms with Gasteiger partial charge in [-0.05, 0) is 12.8 Å². The highest BCUT2D eigenvalue weighted by Gasteiger charge is 2.42. The number of nitriles is 1. The summed E-state index contributed by atoms with van der Waals surface area (Å²) in [7, 11) is 4.82. The molecule has 0 spiro atoms. The number of carbonyl (C=O) groups is 2. The van der Waals surface area contributed by atoms with Crippen LogP contribution in [0.2, 0.25) is 0 Å². The highest BCUT2D eigenvalue weighted by Crippen LogP contribution is 2.31. The van der Waals surface area contributed by atoms with Crippen LogP contribution in [0.4, 0.5) is 0 Å². The minimum Gasteiger partial charge on any atom is -0.381 e. The molecule has 0 N–H and O–H groups in total. The van der Waals surface area contributed by atoms with Crippen molar-refractivity contribution in [2.24, 2.45) is 5.41 Å². The van der Waals surface area contributed by atoms with E-state index in [1.54, 1.807) is 21.1 Å². The van der Waals surface area contributed by atoms with Crippen molar-refractivity contribution >= 4 is 11.8 Å². The van der Waals surface area contributed by atoms with Gasteiger partial charge in [-0.25, -0.2) is 0 Å². The zero-order valence-electron chi connectivity index (χ0n) is 11.1. The molecule has 0 bridgehead atoms. The van der Waals surface area contributed by atoms with Crippen LogP contribution in [0, 0.1) is 16.7 Å². The standard InChI is InChI=1S/C12H19N3O3/c1-14(2)10(16)8-15(3)11(17)12(9-13)4-6-18-7-5-12/h4-8H2,1-3H3. The highest BCUT2D eigenvalue weighted by molar-refractivity contribution is 5.89. The maximum absolute atomic E-state index is 12.3. The fourth-order valence-corrected chi connectivity index (χ4v) is 1.87. The van der Waals surface area contributed by atoms with E-state index in [1.807, 2.05) is 0 Å². The van der Waals surface area contributed by atoms with Crippen molar-refractivity contribution in [3.05, 3.63) is 0 Å². The Labute approximate surface area is 107 Å². The highest BCUT2D eigenvalue weighted by atomic mass is 16.5. The first-order chi connectivity index (χ1) is 8.43. The maximum atomic E-state index is 12.3. The van der Waals surface area contributed by atoms with Gasteiger partial charge in [0, 0.05) is 34.4 Å². The van der Waals surface area contributed by atoms with E-state index in [9.17, 15) is 14.9 Å². The SMILES string of the molecule is CN(C)C(=O)CN(C)C(=O)C1(C#N)CCOCC1. The molecule has 0 aliphatic carbocycles. The molecule has 6 heteroatoms. The van der Waals surface area contributed by atoms with Gasteiger partial charge >= 0.3 is 0 Å². The van der Waals surface area contributed by atoms with Gasteiger partial charge in [0.15, 0.2) is 0 Å². The van der Waals surface area contributed by atoms with Crippen molar-refractivity contribution < 1.29 is 14.3 Å². The van der Waals surface area contributed by atoms with Crippen molar-refractivity contribution in [2.45, 2.75) is 12.8 Å². The summed E-state index contributed by atoms with van der Waals surface area (Å²) in [5.74, 6) is -0.450. The molecule has 0 atom stereocenters. The molecule has 1 saturated heterocycles. The van der Waals surface area contributed by atoms with Crippen LogP contribution >= 0.6 is 0 Å². The summed E-state index contributed by atoms with van der Waals surface area (Å²) in [4.78, 5) is 26.6. The van der Waals surface area contributed by atoms with Crippen LogP contribution in [0.25, 0.3) is 0 Å². The fraction of sp³-hybridized carbons (Fsp3) is 0.750. The number of hydrogen-bond acceptors (Lipinski definition) is 4. The lowest BCUT2D eigenvalue weighted by Crippen LogP contribution is -2.47. The molecular formula is C12H19N3O3. The van der Waals surface area contributed by atoms with Crippen LogP contribution in [0.1, 0.15) is 12.8 Å². The first-order valence-electron chi connectivity index (χ1n) is 5.87. The lowest BCUT2D eigenvalue weighted by Gasteiger charge is -2.33. The Morgan fingerprint density at radius 2 is 1.83 bits per heavy atom. The van der Waals surface area contributed by atoms with E-state index in [2.05, 4.69) is 6.07 Å². The molecule has 18 heavy (non-hydrogen) atoms. The lowest BCUT2D eigenvalue weighted by atomic mass is 9.80. The summed E-state index contributed by atoms with van der Waals surface area (Å²) >= 11 is 0. The molecule has 1 fully saturated rings. The van der Waals surface area contributed by atoms with E-state index in [4.69, 9.17) is 4.74 Å². The molecular weight excluding hydrogens is 234 g/mol. The predicted octanol–water partition coefficient (Wildman–Crippen LogP) is -0.147. The molecule has 6 nitrogen and oxygen atoms in total. The number of rotatable bonds is 3. The number of nitrogens with zero attached hydrogens (tertiary/aromatic N) is 3. The predicted molar refractivity (Wildman–Crippen MR) is 64.4 cm³/mol. The first-order valence-corrected chi connectivity index (χ1v) is 5.87. The van der Waals surface area contributed by atoms with Gasteiger partial charge in [0.05, 0.1) is 12.6 Å². The van der Waals surface area contributed by atoms with E-state index in [1.165, 1.54) is 9.80 Å². The van der Waals surface area contributed by atoms with Crippen molar-refractivity contribution in [2.75, 3.05) is 40.9 Å². The van der Waals surface area contributed by atoms with Crippen molar-refractivity contribution in [3.8, 4) is 6.07 Å². The zero-order valence-corrected chi connectivity index (χ0v) is 11.1. The molecule has 0 unspecified atom stereocenters. The Bertz CT molecular complexity index is 367. The van der Waals surface area contributed by atoms with Crippen LogP contribution in [-0.2, 0) is 14.3 Å². The Hall–Kier alpha value is -1.61. The quantitative estimate of drug-likeness (QED) is 0.701. The Kier molecular flexibility index (Phi) is 4.68.